The predicted molar refractivity (Wildman–Crippen MR) is 121 cm³/mol. The summed E-state index contributed by atoms with van der Waals surface area (Å²) in [5.74, 6) is 0.551. The molecule has 0 radical (unpaired) electrons. The quantitative estimate of drug-likeness (QED) is 0.338. The van der Waals surface area contributed by atoms with Gasteiger partial charge in [0.05, 0.1) is 19.0 Å². The lowest BCUT2D eigenvalue weighted by Gasteiger charge is -2.20. The Kier molecular flexibility index (Phi) is 6.01. The van der Waals surface area contributed by atoms with Crippen LogP contribution in [0.1, 0.15) is 23.4 Å². The van der Waals surface area contributed by atoms with Gasteiger partial charge in [-0.1, -0.05) is 60.7 Å². The fraction of sp³-hybridized carbons (Fsp3) is 0.292. The van der Waals surface area contributed by atoms with Gasteiger partial charge in [0.15, 0.2) is 23.2 Å². The molecular formula is C24H25N5O4. The van der Waals surface area contributed by atoms with E-state index in [0.717, 1.165) is 12.0 Å². The first kappa shape index (κ1) is 21.5. The number of ether oxygens (including phenoxy) is 1. The molecule has 1 saturated heterocycles. The van der Waals surface area contributed by atoms with E-state index in [4.69, 9.17) is 4.74 Å². The van der Waals surface area contributed by atoms with E-state index in [1.807, 2.05) is 36.4 Å². The Morgan fingerprint density at radius 1 is 0.939 bits per heavy atom. The third-order valence-electron chi connectivity index (χ3n) is 5.95. The lowest BCUT2D eigenvalue weighted by molar-refractivity contribution is -0.0511. The number of hydrogen-bond acceptors (Lipinski definition) is 8. The molecule has 0 saturated carbocycles. The van der Waals surface area contributed by atoms with Crippen LogP contribution in [0.4, 0.5) is 5.82 Å². The summed E-state index contributed by atoms with van der Waals surface area (Å²) in [5.41, 5.74) is 3.26. The molecule has 0 aliphatic carbocycles. The summed E-state index contributed by atoms with van der Waals surface area (Å²) in [5, 5.41) is 33.5. The Morgan fingerprint density at radius 3 is 2.36 bits per heavy atom. The molecule has 4 N–H and O–H groups in total. The molecule has 1 fully saturated rings. The fourth-order valence-electron chi connectivity index (χ4n) is 4.21. The zero-order valence-corrected chi connectivity index (χ0v) is 17.8. The maximum atomic E-state index is 10.4. The molecule has 0 amide bonds. The van der Waals surface area contributed by atoms with Gasteiger partial charge < -0.3 is 25.4 Å². The standard InChI is InChI=1S/C24H25N5O4/c30-12-18-20(31)21(32)24(33-18)29-14-27-19-22(25-13-26-23(19)29)28-17(16-9-5-2-6-10-16)11-15-7-3-1-4-8-15/h1-10,13-14,17-18,20-21,24,30-32H,11-12H2,(H,25,26,28)/t17?,18-,20-,21-,24?/m1/s1. The van der Waals surface area contributed by atoms with Gasteiger partial charge in [0.2, 0.25) is 0 Å². The maximum absolute atomic E-state index is 10.4. The first-order valence-electron chi connectivity index (χ1n) is 10.8. The topological polar surface area (TPSA) is 126 Å². The highest BCUT2D eigenvalue weighted by atomic mass is 16.6. The second kappa shape index (κ2) is 9.24. The number of nitrogens with one attached hydrogen (secondary N) is 1. The molecule has 3 heterocycles. The van der Waals surface area contributed by atoms with Crippen molar-refractivity contribution in [3.8, 4) is 0 Å². The van der Waals surface area contributed by atoms with Crippen LogP contribution in [0.2, 0.25) is 0 Å². The number of fused-ring (bicyclic) bond motifs is 1. The molecule has 9 nitrogen and oxygen atoms in total. The number of aliphatic hydroxyl groups is 3. The molecular weight excluding hydrogens is 422 g/mol. The number of rotatable bonds is 7. The van der Waals surface area contributed by atoms with Crippen molar-refractivity contribution >= 4 is 17.0 Å². The minimum Gasteiger partial charge on any atom is -0.394 e. The van der Waals surface area contributed by atoms with E-state index >= 15 is 0 Å². The van der Waals surface area contributed by atoms with Gasteiger partial charge in [-0.25, -0.2) is 15.0 Å². The van der Waals surface area contributed by atoms with Crippen molar-refractivity contribution in [2.24, 2.45) is 0 Å². The van der Waals surface area contributed by atoms with Gasteiger partial charge in [-0.2, -0.15) is 0 Å². The lowest BCUT2D eigenvalue weighted by Crippen LogP contribution is -2.33. The Bertz CT molecular complexity index is 1200. The van der Waals surface area contributed by atoms with Gasteiger partial charge in [0.1, 0.15) is 24.6 Å². The smallest absolute Gasteiger partial charge is 0.167 e. The van der Waals surface area contributed by atoms with Crippen LogP contribution >= 0.6 is 0 Å². The van der Waals surface area contributed by atoms with Crippen LogP contribution in [0, 0.1) is 0 Å². The van der Waals surface area contributed by atoms with Crippen LogP contribution in [0.15, 0.2) is 73.3 Å². The van der Waals surface area contributed by atoms with Gasteiger partial charge in [-0.05, 0) is 17.5 Å². The van der Waals surface area contributed by atoms with Gasteiger partial charge in [-0.3, -0.25) is 4.57 Å². The largest absolute Gasteiger partial charge is 0.394 e. The molecule has 0 bridgehead atoms. The molecule has 1 aliphatic heterocycles. The highest BCUT2D eigenvalue weighted by Crippen LogP contribution is 2.33. The van der Waals surface area contributed by atoms with Crippen molar-refractivity contribution in [1.82, 2.24) is 19.5 Å². The molecule has 4 aromatic rings. The number of benzene rings is 2. The Hall–Kier alpha value is -3.37. The first-order chi connectivity index (χ1) is 16.2. The number of hydrogen-bond donors (Lipinski definition) is 4. The van der Waals surface area contributed by atoms with Crippen molar-refractivity contribution in [3.05, 3.63) is 84.4 Å². The third-order valence-corrected chi connectivity index (χ3v) is 5.95. The van der Waals surface area contributed by atoms with Crippen molar-refractivity contribution in [1.29, 1.82) is 0 Å². The average molecular weight is 447 g/mol. The van der Waals surface area contributed by atoms with Crippen LogP contribution in [0.25, 0.3) is 11.2 Å². The number of nitrogens with zero attached hydrogens (tertiary/aromatic N) is 4. The molecule has 2 aromatic heterocycles. The predicted octanol–water partition coefficient (Wildman–Crippen LogP) is 1.83. The SMILES string of the molecule is OC[C@H]1OC(n2cnc3c(NC(Cc4ccccc4)c4ccccc4)ncnc32)[C@H](O)[C@@H]1O. The van der Waals surface area contributed by atoms with Crippen molar-refractivity contribution in [3.63, 3.8) is 0 Å². The van der Waals surface area contributed by atoms with Gasteiger partial charge in [0, 0.05) is 0 Å². The van der Waals surface area contributed by atoms with Crippen molar-refractivity contribution in [2.75, 3.05) is 11.9 Å². The van der Waals surface area contributed by atoms with Crippen molar-refractivity contribution < 1.29 is 20.1 Å². The van der Waals surface area contributed by atoms with E-state index < -0.39 is 31.1 Å². The first-order valence-corrected chi connectivity index (χ1v) is 10.8. The lowest BCUT2D eigenvalue weighted by atomic mass is 9.99. The Morgan fingerprint density at radius 2 is 1.67 bits per heavy atom. The van der Waals surface area contributed by atoms with Crippen LogP contribution in [-0.2, 0) is 11.2 Å². The van der Waals surface area contributed by atoms with Gasteiger partial charge >= 0.3 is 0 Å². The second-order valence-corrected chi connectivity index (χ2v) is 8.07. The third kappa shape index (κ3) is 4.19. The fourth-order valence-corrected chi connectivity index (χ4v) is 4.21. The van der Waals surface area contributed by atoms with E-state index in [0.29, 0.717) is 17.0 Å². The van der Waals surface area contributed by atoms with E-state index in [1.165, 1.54) is 18.2 Å². The molecule has 0 spiro atoms. The molecule has 9 heteroatoms. The summed E-state index contributed by atoms with van der Waals surface area (Å²) >= 11 is 0. The Labute approximate surface area is 190 Å². The maximum Gasteiger partial charge on any atom is 0.167 e. The van der Waals surface area contributed by atoms with Crippen LogP contribution in [-0.4, -0.2) is 59.8 Å². The molecule has 2 aromatic carbocycles. The summed E-state index contributed by atoms with van der Waals surface area (Å²) in [6.07, 6.45) is -0.555. The molecule has 33 heavy (non-hydrogen) atoms. The van der Waals surface area contributed by atoms with Gasteiger partial charge in [-0.15, -0.1) is 0 Å². The number of imidazole rings is 1. The minimum absolute atomic E-state index is 0.0641. The molecule has 5 rings (SSSR count). The van der Waals surface area contributed by atoms with Crippen LogP contribution < -0.4 is 5.32 Å². The van der Waals surface area contributed by atoms with Crippen LogP contribution in [0.5, 0.6) is 0 Å². The number of aromatic nitrogens is 4. The molecule has 2 unspecified atom stereocenters. The van der Waals surface area contributed by atoms with E-state index in [-0.39, 0.29) is 6.04 Å². The highest BCUT2D eigenvalue weighted by Gasteiger charge is 2.44. The van der Waals surface area contributed by atoms with E-state index in [9.17, 15) is 15.3 Å². The van der Waals surface area contributed by atoms with Crippen molar-refractivity contribution in [2.45, 2.75) is 37.0 Å². The molecule has 5 atom stereocenters. The zero-order chi connectivity index (χ0) is 22.8. The summed E-state index contributed by atoms with van der Waals surface area (Å²) in [4.78, 5) is 13.2. The highest BCUT2D eigenvalue weighted by molar-refractivity contribution is 5.83. The summed E-state index contributed by atoms with van der Waals surface area (Å²) in [6, 6.07) is 20.3. The monoisotopic (exact) mass is 447 g/mol. The second-order valence-electron chi connectivity index (χ2n) is 8.07. The van der Waals surface area contributed by atoms with Gasteiger partial charge in [0.25, 0.3) is 0 Å². The zero-order valence-electron chi connectivity index (χ0n) is 17.8. The summed E-state index contributed by atoms with van der Waals surface area (Å²) < 4.78 is 7.21. The number of aliphatic hydroxyl groups excluding tert-OH is 3. The molecule has 1 aliphatic rings. The van der Waals surface area contributed by atoms with Crippen LogP contribution in [0.3, 0.4) is 0 Å². The average Bonchev–Trinajstić information content (AvgIpc) is 3.41. The normalized spacial score (nSPS) is 23.6. The summed E-state index contributed by atoms with van der Waals surface area (Å²) in [7, 11) is 0. The number of anilines is 1. The van der Waals surface area contributed by atoms with E-state index in [2.05, 4.69) is 44.5 Å². The summed E-state index contributed by atoms with van der Waals surface area (Å²) in [6.45, 7) is -0.401. The minimum atomic E-state index is -1.22. The molecule has 170 valence electrons. The van der Waals surface area contributed by atoms with E-state index in [1.54, 1.807) is 4.57 Å². The Balaban J connectivity index is 1.48.